The van der Waals surface area contributed by atoms with Gasteiger partial charge in [0.05, 0.1) is 12.1 Å². The monoisotopic (exact) mass is 435 g/mol. The van der Waals surface area contributed by atoms with Crippen molar-refractivity contribution in [3.8, 4) is 11.4 Å². The first-order valence-corrected chi connectivity index (χ1v) is 8.33. The van der Waals surface area contributed by atoms with Crippen molar-refractivity contribution in [3.05, 3.63) is 68.9 Å². The molecule has 116 valence electrons. The van der Waals surface area contributed by atoms with Crippen molar-refractivity contribution in [2.24, 2.45) is 0 Å². The van der Waals surface area contributed by atoms with Gasteiger partial charge in [-0.3, -0.25) is 4.79 Å². The van der Waals surface area contributed by atoms with Gasteiger partial charge in [0, 0.05) is 14.5 Å². The van der Waals surface area contributed by atoms with Gasteiger partial charge in [-0.25, -0.2) is 0 Å². The number of carbonyl (C=O) groups excluding carboxylic acids is 1. The Kier molecular flexibility index (Phi) is 4.88. The molecule has 1 N–H and O–H groups in total. The van der Waals surface area contributed by atoms with Gasteiger partial charge in [0.1, 0.15) is 0 Å². The van der Waals surface area contributed by atoms with Crippen LogP contribution in [0, 0.1) is 0 Å². The number of aromatic nitrogens is 2. The highest BCUT2D eigenvalue weighted by Crippen LogP contribution is 2.20. The van der Waals surface area contributed by atoms with Crippen LogP contribution in [0.15, 0.2) is 62.0 Å². The van der Waals surface area contributed by atoms with Gasteiger partial charge >= 0.3 is 0 Å². The van der Waals surface area contributed by atoms with Gasteiger partial charge in [-0.2, -0.15) is 4.98 Å². The van der Waals surface area contributed by atoms with Gasteiger partial charge in [-0.15, -0.1) is 0 Å². The molecule has 1 amide bonds. The number of rotatable bonds is 4. The molecule has 3 aromatic rings. The summed E-state index contributed by atoms with van der Waals surface area (Å²) in [5, 5.41) is 6.69. The summed E-state index contributed by atoms with van der Waals surface area (Å²) in [4.78, 5) is 16.4. The van der Waals surface area contributed by atoms with Gasteiger partial charge in [0.2, 0.25) is 11.7 Å². The third kappa shape index (κ3) is 3.86. The fourth-order valence-electron chi connectivity index (χ4n) is 1.97. The highest BCUT2D eigenvalue weighted by Gasteiger charge is 2.12. The molecule has 0 unspecified atom stereocenters. The van der Waals surface area contributed by atoms with E-state index in [0.717, 1.165) is 14.5 Å². The molecule has 0 aliphatic rings. The molecule has 5 nitrogen and oxygen atoms in total. The summed E-state index contributed by atoms with van der Waals surface area (Å²) in [6.07, 6.45) is 0. The number of hydrogen-bond acceptors (Lipinski definition) is 4. The van der Waals surface area contributed by atoms with Gasteiger partial charge < -0.3 is 9.84 Å². The number of hydrogen-bond donors (Lipinski definition) is 1. The van der Waals surface area contributed by atoms with Crippen molar-refractivity contribution in [2.45, 2.75) is 6.54 Å². The molecule has 0 saturated carbocycles. The van der Waals surface area contributed by atoms with Crippen LogP contribution in [0.3, 0.4) is 0 Å². The summed E-state index contributed by atoms with van der Waals surface area (Å²) in [5.74, 6) is 0.622. The average Bonchev–Trinajstić information content (AvgIpc) is 3.02. The van der Waals surface area contributed by atoms with Crippen molar-refractivity contribution >= 4 is 37.8 Å². The second kappa shape index (κ2) is 7.06. The average molecular weight is 437 g/mol. The SMILES string of the molecule is O=C(NCc1nc(-c2cccc(Br)c2)no1)c1ccccc1Br. The molecular weight excluding hydrogens is 426 g/mol. The fourth-order valence-corrected chi connectivity index (χ4v) is 2.83. The first-order chi connectivity index (χ1) is 11.1. The molecule has 7 heteroatoms. The van der Waals surface area contributed by atoms with Crippen LogP contribution in [0.2, 0.25) is 0 Å². The van der Waals surface area contributed by atoms with Crippen LogP contribution in [0.5, 0.6) is 0 Å². The molecule has 1 heterocycles. The first kappa shape index (κ1) is 15.9. The smallest absolute Gasteiger partial charge is 0.252 e. The lowest BCUT2D eigenvalue weighted by Crippen LogP contribution is -2.23. The number of nitrogens with zero attached hydrogens (tertiary/aromatic N) is 2. The highest BCUT2D eigenvalue weighted by atomic mass is 79.9. The van der Waals surface area contributed by atoms with Crippen molar-refractivity contribution in [1.29, 1.82) is 0 Å². The van der Waals surface area contributed by atoms with Crippen LogP contribution in [0.25, 0.3) is 11.4 Å². The number of nitrogens with one attached hydrogen (secondary N) is 1. The molecule has 23 heavy (non-hydrogen) atoms. The van der Waals surface area contributed by atoms with Crippen LogP contribution in [0.1, 0.15) is 16.2 Å². The van der Waals surface area contributed by atoms with E-state index in [0.29, 0.717) is 17.3 Å². The molecule has 0 saturated heterocycles. The van der Waals surface area contributed by atoms with Crippen LogP contribution >= 0.6 is 31.9 Å². The van der Waals surface area contributed by atoms with Gasteiger partial charge in [0.25, 0.3) is 5.91 Å². The third-order valence-electron chi connectivity index (χ3n) is 3.07. The summed E-state index contributed by atoms with van der Waals surface area (Å²) in [7, 11) is 0. The largest absolute Gasteiger partial charge is 0.343 e. The van der Waals surface area contributed by atoms with Gasteiger partial charge in [0.15, 0.2) is 0 Å². The Hall–Kier alpha value is -1.99. The molecule has 0 atom stereocenters. The van der Waals surface area contributed by atoms with Crippen LogP contribution in [-0.2, 0) is 6.54 Å². The van der Waals surface area contributed by atoms with Crippen LogP contribution in [-0.4, -0.2) is 16.0 Å². The topological polar surface area (TPSA) is 68.0 Å². The Bertz CT molecular complexity index is 849. The Labute approximate surface area is 149 Å². The van der Waals surface area contributed by atoms with Crippen LogP contribution < -0.4 is 5.32 Å². The van der Waals surface area contributed by atoms with E-state index in [-0.39, 0.29) is 12.5 Å². The second-order valence-electron chi connectivity index (χ2n) is 4.68. The molecule has 1 aromatic heterocycles. The second-order valence-corrected chi connectivity index (χ2v) is 6.45. The molecular formula is C16H11Br2N3O2. The summed E-state index contributed by atoms with van der Waals surface area (Å²) in [6.45, 7) is 0.168. The summed E-state index contributed by atoms with van der Waals surface area (Å²) in [5.41, 5.74) is 1.39. The zero-order chi connectivity index (χ0) is 16.2. The molecule has 0 spiro atoms. The van der Waals surface area contributed by atoms with E-state index >= 15 is 0 Å². The Morgan fingerprint density at radius 3 is 2.74 bits per heavy atom. The van der Waals surface area contributed by atoms with E-state index in [1.54, 1.807) is 12.1 Å². The Morgan fingerprint density at radius 1 is 1.13 bits per heavy atom. The first-order valence-electron chi connectivity index (χ1n) is 6.75. The van der Waals surface area contributed by atoms with Crippen molar-refractivity contribution in [2.75, 3.05) is 0 Å². The maximum atomic E-state index is 12.1. The maximum Gasteiger partial charge on any atom is 0.252 e. The molecule has 0 aliphatic heterocycles. The molecule has 0 fully saturated rings. The van der Waals surface area contributed by atoms with Crippen molar-refractivity contribution < 1.29 is 9.32 Å². The minimum Gasteiger partial charge on any atom is -0.343 e. The van der Waals surface area contributed by atoms with Crippen LogP contribution in [0.4, 0.5) is 0 Å². The Balaban J connectivity index is 1.68. The van der Waals surface area contributed by atoms with E-state index in [1.165, 1.54) is 0 Å². The van der Waals surface area contributed by atoms with Gasteiger partial charge in [-0.05, 0) is 40.2 Å². The minimum absolute atomic E-state index is 0.168. The van der Waals surface area contributed by atoms with E-state index in [4.69, 9.17) is 4.52 Å². The summed E-state index contributed by atoms with van der Waals surface area (Å²) < 4.78 is 6.84. The van der Waals surface area contributed by atoms with Gasteiger partial charge in [-0.1, -0.05) is 45.4 Å². The van der Waals surface area contributed by atoms with Crippen molar-refractivity contribution in [3.63, 3.8) is 0 Å². The lowest BCUT2D eigenvalue weighted by molar-refractivity contribution is 0.0945. The van der Waals surface area contributed by atoms with E-state index in [1.807, 2.05) is 36.4 Å². The number of benzene rings is 2. The third-order valence-corrected chi connectivity index (χ3v) is 4.25. The summed E-state index contributed by atoms with van der Waals surface area (Å²) >= 11 is 6.75. The van der Waals surface area contributed by atoms with E-state index in [9.17, 15) is 4.79 Å². The molecule has 3 rings (SSSR count). The van der Waals surface area contributed by atoms with Crippen molar-refractivity contribution in [1.82, 2.24) is 15.5 Å². The predicted octanol–water partition coefficient (Wildman–Crippen LogP) is 4.19. The zero-order valence-electron chi connectivity index (χ0n) is 11.8. The normalized spacial score (nSPS) is 10.5. The van der Waals surface area contributed by atoms with E-state index in [2.05, 4.69) is 47.3 Å². The maximum absolute atomic E-state index is 12.1. The number of halogens is 2. The Morgan fingerprint density at radius 2 is 1.96 bits per heavy atom. The number of carbonyl (C=O) groups is 1. The quantitative estimate of drug-likeness (QED) is 0.665. The highest BCUT2D eigenvalue weighted by molar-refractivity contribution is 9.10. The fraction of sp³-hybridized carbons (Fsp3) is 0.0625. The molecule has 2 aromatic carbocycles. The van der Waals surface area contributed by atoms with E-state index < -0.39 is 0 Å². The lowest BCUT2D eigenvalue weighted by atomic mass is 10.2. The number of amides is 1. The molecule has 0 bridgehead atoms. The zero-order valence-corrected chi connectivity index (χ0v) is 15.0. The minimum atomic E-state index is -0.209. The predicted molar refractivity (Wildman–Crippen MR) is 92.7 cm³/mol. The lowest BCUT2D eigenvalue weighted by Gasteiger charge is -2.04. The molecule has 0 radical (unpaired) electrons. The standard InChI is InChI=1S/C16H11Br2N3O2/c17-11-5-3-4-10(8-11)15-20-14(23-21-15)9-19-16(22)12-6-1-2-7-13(12)18/h1-8H,9H2,(H,19,22). The molecule has 0 aliphatic carbocycles. The summed E-state index contributed by atoms with van der Waals surface area (Å²) in [6, 6.07) is 14.8.